The maximum absolute atomic E-state index is 13.4. The highest BCUT2D eigenvalue weighted by Crippen LogP contribution is 2.29. The molecule has 126 valence electrons. The van der Waals surface area contributed by atoms with Gasteiger partial charge >= 0.3 is 5.97 Å². The Morgan fingerprint density at radius 1 is 0.960 bits per heavy atom. The Labute approximate surface area is 148 Å². The first-order valence-corrected chi connectivity index (χ1v) is 8.20. The van der Waals surface area contributed by atoms with E-state index in [2.05, 4.69) is 4.72 Å². The van der Waals surface area contributed by atoms with Crippen molar-refractivity contribution < 1.29 is 19.4 Å². The number of carbonyl (C=O) groups is 1. The van der Waals surface area contributed by atoms with Crippen LogP contribution in [0.5, 0.6) is 5.75 Å². The summed E-state index contributed by atoms with van der Waals surface area (Å²) in [5.74, 6) is -1.77. The Balaban J connectivity index is 1.75. The molecule has 25 heavy (non-hydrogen) atoms. The van der Waals surface area contributed by atoms with E-state index < -0.39 is 5.97 Å². The smallest absolute Gasteiger partial charge is 0.339 e. The number of nitrogens with one attached hydrogen (secondary N) is 1. The highest BCUT2D eigenvalue weighted by molar-refractivity contribution is 8.00. The second kappa shape index (κ2) is 7.27. The summed E-state index contributed by atoms with van der Waals surface area (Å²) >= 11 is 1.31. The SMILES string of the molecule is O=C(O)c1ccc(NSc2cccc(-c3cccc(F)c3)c2)cc1O. The number of aromatic carboxylic acids is 1. The molecule has 0 radical (unpaired) electrons. The second-order valence-corrected chi connectivity index (χ2v) is 6.16. The molecular weight excluding hydrogens is 341 g/mol. The molecule has 3 aromatic rings. The Hall–Kier alpha value is -2.99. The van der Waals surface area contributed by atoms with E-state index in [1.54, 1.807) is 12.1 Å². The van der Waals surface area contributed by atoms with Gasteiger partial charge in [-0.2, -0.15) is 0 Å². The number of aromatic hydroxyl groups is 1. The van der Waals surface area contributed by atoms with Gasteiger partial charge in [-0.25, -0.2) is 9.18 Å². The van der Waals surface area contributed by atoms with Crippen molar-refractivity contribution in [1.29, 1.82) is 0 Å². The minimum absolute atomic E-state index is 0.149. The average molecular weight is 355 g/mol. The summed E-state index contributed by atoms with van der Waals surface area (Å²) in [5.41, 5.74) is 2.09. The number of carboxylic acid groups (broad SMARTS) is 1. The minimum Gasteiger partial charge on any atom is -0.507 e. The second-order valence-electron chi connectivity index (χ2n) is 5.28. The monoisotopic (exact) mass is 355 g/mol. The van der Waals surface area contributed by atoms with E-state index in [0.29, 0.717) is 5.69 Å². The van der Waals surface area contributed by atoms with Gasteiger partial charge in [0.2, 0.25) is 0 Å². The molecule has 3 N–H and O–H groups in total. The van der Waals surface area contributed by atoms with Crippen molar-refractivity contribution in [3.05, 3.63) is 78.1 Å². The van der Waals surface area contributed by atoms with E-state index in [4.69, 9.17) is 5.11 Å². The Kier molecular flexibility index (Phi) is 4.90. The minimum atomic E-state index is -1.18. The van der Waals surface area contributed by atoms with Crippen molar-refractivity contribution in [2.45, 2.75) is 4.90 Å². The Morgan fingerprint density at radius 2 is 1.68 bits per heavy atom. The number of hydrogen-bond acceptors (Lipinski definition) is 4. The summed E-state index contributed by atoms with van der Waals surface area (Å²) in [4.78, 5) is 11.8. The van der Waals surface area contributed by atoms with Crippen LogP contribution in [-0.4, -0.2) is 16.2 Å². The van der Waals surface area contributed by atoms with Crippen LogP contribution in [0.3, 0.4) is 0 Å². The van der Waals surface area contributed by atoms with Gasteiger partial charge in [0, 0.05) is 16.6 Å². The van der Waals surface area contributed by atoms with E-state index in [0.717, 1.165) is 16.0 Å². The van der Waals surface area contributed by atoms with Crippen LogP contribution >= 0.6 is 11.9 Å². The van der Waals surface area contributed by atoms with Crippen LogP contribution in [0.15, 0.2) is 71.6 Å². The first kappa shape index (κ1) is 16.9. The number of anilines is 1. The number of halogens is 1. The zero-order chi connectivity index (χ0) is 17.8. The fourth-order valence-corrected chi connectivity index (χ4v) is 3.00. The fourth-order valence-electron chi connectivity index (χ4n) is 2.30. The van der Waals surface area contributed by atoms with Crippen molar-refractivity contribution in [3.8, 4) is 16.9 Å². The van der Waals surface area contributed by atoms with E-state index >= 15 is 0 Å². The predicted octanol–water partition coefficient (Wildman–Crippen LogP) is 5.02. The maximum atomic E-state index is 13.4. The molecule has 6 heteroatoms. The molecule has 0 fully saturated rings. The third-order valence-electron chi connectivity index (χ3n) is 3.51. The van der Waals surface area contributed by atoms with Crippen LogP contribution in [0.4, 0.5) is 10.1 Å². The summed E-state index contributed by atoms with van der Waals surface area (Å²) in [6.45, 7) is 0. The lowest BCUT2D eigenvalue weighted by Gasteiger charge is -2.09. The van der Waals surface area contributed by atoms with Crippen LogP contribution in [0.25, 0.3) is 11.1 Å². The molecule has 0 saturated heterocycles. The van der Waals surface area contributed by atoms with Gasteiger partial charge in [0.1, 0.15) is 17.1 Å². The third kappa shape index (κ3) is 4.10. The molecule has 0 aromatic heterocycles. The van der Waals surface area contributed by atoms with Crippen LogP contribution in [0, 0.1) is 5.82 Å². The van der Waals surface area contributed by atoms with Crippen molar-refractivity contribution in [1.82, 2.24) is 0 Å². The van der Waals surface area contributed by atoms with Crippen LogP contribution < -0.4 is 4.72 Å². The summed E-state index contributed by atoms with van der Waals surface area (Å²) in [7, 11) is 0. The summed E-state index contributed by atoms with van der Waals surface area (Å²) < 4.78 is 16.4. The Morgan fingerprint density at radius 3 is 2.36 bits per heavy atom. The normalized spacial score (nSPS) is 10.4. The van der Waals surface area contributed by atoms with E-state index in [-0.39, 0.29) is 17.1 Å². The number of benzene rings is 3. The maximum Gasteiger partial charge on any atom is 0.339 e. The molecule has 0 unspecified atom stereocenters. The molecule has 0 atom stereocenters. The van der Waals surface area contributed by atoms with Crippen LogP contribution in [-0.2, 0) is 0 Å². The lowest BCUT2D eigenvalue weighted by molar-refractivity contribution is 0.0694. The number of carboxylic acids is 1. The van der Waals surface area contributed by atoms with Gasteiger partial charge in [0.05, 0.1) is 0 Å². The molecule has 0 spiro atoms. The lowest BCUT2D eigenvalue weighted by atomic mass is 10.1. The molecule has 3 rings (SSSR count). The van der Waals surface area contributed by atoms with Gasteiger partial charge in [-0.05, 0) is 59.5 Å². The quantitative estimate of drug-likeness (QED) is 0.561. The van der Waals surface area contributed by atoms with Gasteiger partial charge in [-0.15, -0.1) is 0 Å². The zero-order valence-electron chi connectivity index (χ0n) is 12.9. The molecule has 0 saturated carbocycles. The highest BCUT2D eigenvalue weighted by Gasteiger charge is 2.09. The van der Waals surface area contributed by atoms with Crippen molar-refractivity contribution >= 4 is 23.6 Å². The summed E-state index contributed by atoms with van der Waals surface area (Å²) in [6.07, 6.45) is 0. The van der Waals surface area contributed by atoms with E-state index in [1.807, 2.05) is 30.3 Å². The lowest BCUT2D eigenvalue weighted by Crippen LogP contribution is -1.97. The topological polar surface area (TPSA) is 69.6 Å². The molecular formula is C19H14FNO3S. The number of hydrogen-bond donors (Lipinski definition) is 3. The van der Waals surface area contributed by atoms with E-state index in [1.165, 1.54) is 36.2 Å². The molecule has 0 aliphatic heterocycles. The molecule has 0 aliphatic rings. The molecule has 0 bridgehead atoms. The van der Waals surface area contributed by atoms with Gasteiger partial charge in [0.15, 0.2) is 0 Å². The predicted molar refractivity (Wildman–Crippen MR) is 96.4 cm³/mol. The van der Waals surface area contributed by atoms with Crippen LogP contribution in [0.1, 0.15) is 10.4 Å². The largest absolute Gasteiger partial charge is 0.507 e. The van der Waals surface area contributed by atoms with Gasteiger partial charge in [-0.3, -0.25) is 0 Å². The average Bonchev–Trinajstić information content (AvgIpc) is 2.60. The van der Waals surface area contributed by atoms with Crippen LogP contribution in [0.2, 0.25) is 0 Å². The van der Waals surface area contributed by atoms with Gasteiger partial charge < -0.3 is 14.9 Å². The third-order valence-corrected chi connectivity index (χ3v) is 4.33. The zero-order valence-corrected chi connectivity index (χ0v) is 13.8. The summed E-state index contributed by atoms with van der Waals surface area (Å²) in [6, 6.07) is 18.2. The first-order valence-electron chi connectivity index (χ1n) is 7.38. The number of phenols is 1. The fraction of sp³-hybridized carbons (Fsp3) is 0. The van der Waals surface area contributed by atoms with Gasteiger partial charge in [-0.1, -0.05) is 24.3 Å². The van der Waals surface area contributed by atoms with Crippen molar-refractivity contribution in [3.63, 3.8) is 0 Å². The molecule has 3 aromatic carbocycles. The molecule has 0 aliphatic carbocycles. The summed E-state index contributed by atoms with van der Waals surface area (Å²) in [5, 5.41) is 18.6. The molecule has 0 heterocycles. The van der Waals surface area contributed by atoms with Crippen molar-refractivity contribution in [2.75, 3.05) is 4.72 Å². The first-order chi connectivity index (χ1) is 12.0. The van der Waals surface area contributed by atoms with E-state index in [9.17, 15) is 14.3 Å². The van der Waals surface area contributed by atoms with Gasteiger partial charge in [0.25, 0.3) is 0 Å². The highest BCUT2D eigenvalue weighted by atomic mass is 32.2. The standard InChI is InChI=1S/C19H14FNO3S/c20-14-5-1-3-12(9-14)13-4-2-6-16(10-13)25-21-15-7-8-17(19(23)24)18(22)11-15/h1-11,21-22H,(H,23,24). The van der Waals surface area contributed by atoms with Crippen molar-refractivity contribution in [2.24, 2.45) is 0 Å². The number of rotatable bonds is 5. The Bertz CT molecular complexity index is 930. The molecule has 0 amide bonds. The molecule has 4 nitrogen and oxygen atoms in total.